The minimum Gasteiger partial charge on any atom is -0.494 e. The van der Waals surface area contributed by atoms with Crippen molar-refractivity contribution >= 4 is 11.6 Å². The number of nitrogens with zero attached hydrogens (tertiary/aromatic N) is 4. The lowest BCUT2D eigenvalue weighted by Crippen LogP contribution is -2.15. The van der Waals surface area contributed by atoms with E-state index >= 15 is 0 Å². The van der Waals surface area contributed by atoms with Crippen molar-refractivity contribution in [2.75, 3.05) is 11.9 Å². The Morgan fingerprint density at radius 1 is 1.09 bits per heavy atom. The van der Waals surface area contributed by atoms with Gasteiger partial charge in [0.05, 0.1) is 24.2 Å². The van der Waals surface area contributed by atoms with Gasteiger partial charge in [0, 0.05) is 23.5 Å². The summed E-state index contributed by atoms with van der Waals surface area (Å²) in [6.07, 6.45) is 0.420. The maximum Gasteiger partial charge on any atom is 0.433 e. The molecule has 34 heavy (non-hydrogen) atoms. The van der Waals surface area contributed by atoms with Crippen molar-refractivity contribution in [1.29, 1.82) is 0 Å². The number of carbonyl (C=O) groups is 1. The Morgan fingerprint density at radius 2 is 1.94 bits per heavy atom. The smallest absolute Gasteiger partial charge is 0.433 e. The summed E-state index contributed by atoms with van der Waals surface area (Å²) in [6.45, 7) is 2.51. The molecular weight excluding hydrogens is 447 g/mol. The summed E-state index contributed by atoms with van der Waals surface area (Å²) < 4.78 is 47.2. The lowest BCUT2D eigenvalue weighted by atomic mass is 10.2. The Bertz CT molecular complexity index is 1270. The second-order valence-electron chi connectivity index (χ2n) is 7.30. The number of hydrogen-bond acceptors (Lipinski definition) is 5. The molecule has 0 radical (unpaired) electrons. The lowest BCUT2D eigenvalue weighted by Gasteiger charge is -2.11. The van der Waals surface area contributed by atoms with Gasteiger partial charge in [-0.05, 0) is 55.0 Å². The van der Waals surface area contributed by atoms with Gasteiger partial charge in [0.25, 0.3) is 5.91 Å². The predicted octanol–water partition coefficient (Wildman–Crippen LogP) is 5.39. The van der Waals surface area contributed by atoms with Crippen molar-refractivity contribution in [2.45, 2.75) is 19.5 Å². The number of halogens is 3. The van der Waals surface area contributed by atoms with Gasteiger partial charge in [-0.25, -0.2) is 9.67 Å². The standard InChI is InChI=1S/C24H20F3N5O2/c1-2-11-34-19-7-3-5-16(12-19)23(33)30-18-8-9-22(29-15-18)32-21(24(25,26)27)13-20(31-32)17-6-4-10-28-14-17/h3-10,12-15H,2,11H2,1H3,(H,30,33). The van der Waals surface area contributed by atoms with Crippen LogP contribution in [-0.4, -0.2) is 32.3 Å². The van der Waals surface area contributed by atoms with Crippen LogP contribution < -0.4 is 10.1 Å². The van der Waals surface area contributed by atoms with E-state index in [1.54, 1.807) is 36.4 Å². The Hall–Kier alpha value is -4.21. The van der Waals surface area contributed by atoms with E-state index in [1.165, 1.54) is 30.7 Å². The van der Waals surface area contributed by atoms with E-state index in [0.717, 1.165) is 17.2 Å². The largest absolute Gasteiger partial charge is 0.494 e. The summed E-state index contributed by atoms with van der Waals surface area (Å²) >= 11 is 0. The Morgan fingerprint density at radius 3 is 2.62 bits per heavy atom. The first kappa shape index (κ1) is 23.0. The normalized spacial score (nSPS) is 11.3. The number of benzene rings is 1. The molecule has 0 bridgehead atoms. The molecular formula is C24H20F3N5O2. The average molecular weight is 467 g/mol. The third kappa shape index (κ3) is 5.22. The molecule has 4 aromatic rings. The first-order valence-electron chi connectivity index (χ1n) is 10.4. The third-order valence-electron chi connectivity index (χ3n) is 4.75. The van der Waals surface area contributed by atoms with Crippen LogP contribution in [0.4, 0.5) is 18.9 Å². The minimum atomic E-state index is -4.65. The quantitative estimate of drug-likeness (QED) is 0.394. The average Bonchev–Trinajstić information content (AvgIpc) is 3.30. The lowest BCUT2D eigenvalue weighted by molar-refractivity contribution is -0.142. The highest BCUT2D eigenvalue weighted by atomic mass is 19.4. The highest BCUT2D eigenvalue weighted by Gasteiger charge is 2.36. The molecule has 0 fully saturated rings. The van der Waals surface area contributed by atoms with Crippen LogP contribution in [0, 0.1) is 0 Å². The highest BCUT2D eigenvalue weighted by molar-refractivity contribution is 6.04. The number of anilines is 1. The number of alkyl halides is 3. The van der Waals surface area contributed by atoms with Crippen LogP contribution in [-0.2, 0) is 6.18 Å². The molecule has 3 heterocycles. The maximum atomic E-state index is 13.6. The van der Waals surface area contributed by atoms with E-state index in [9.17, 15) is 18.0 Å². The molecule has 0 saturated heterocycles. The van der Waals surface area contributed by atoms with Gasteiger partial charge in [-0.15, -0.1) is 0 Å². The molecule has 0 atom stereocenters. The molecule has 1 amide bonds. The third-order valence-corrected chi connectivity index (χ3v) is 4.75. The molecule has 0 aliphatic carbocycles. The van der Waals surface area contributed by atoms with Crippen molar-refractivity contribution in [3.8, 4) is 22.8 Å². The van der Waals surface area contributed by atoms with Crippen LogP contribution in [0.2, 0.25) is 0 Å². The van der Waals surface area contributed by atoms with E-state index in [0.29, 0.717) is 29.2 Å². The molecule has 7 nitrogen and oxygen atoms in total. The molecule has 10 heteroatoms. The topological polar surface area (TPSA) is 81.9 Å². The second kappa shape index (κ2) is 9.74. The summed E-state index contributed by atoms with van der Waals surface area (Å²) in [5.74, 6) is 0.131. The highest BCUT2D eigenvalue weighted by Crippen LogP contribution is 2.33. The van der Waals surface area contributed by atoms with E-state index < -0.39 is 17.8 Å². The van der Waals surface area contributed by atoms with Crippen LogP contribution >= 0.6 is 0 Å². The summed E-state index contributed by atoms with van der Waals surface area (Å²) in [4.78, 5) is 20.6. The fraction of sp³-hybridized carbons (Fsp3) is 0.167. The molecule has 0 spiro atoms. The summed E-state index contributed by atoms with van der Waals surface area (Å²) in [5.41, 5.74) is 0.289. The molecule has 1 N–H and O–H groups in total. The maximum absolute atomic E-state index is 13.6. The summed E-state index contributed by atoms with van der Waals surface area (Å²) in [5, 5.41) is 6.76. The van der Waals surface area contributed by atoms with Crippen LogP contribution in [0.25, 0.3) is 17.1 Å². The molecule has 3 aromatic heterocycles. The number of aromatic nitrogens is 4. The van der Waals surface area contributed by atoms with E-state index in [-0.39, 0.29) is 11.5 Å². The van der Waals surface area contributed by atoms with Gasteiger partial charge in [-0.3, -0.25) is 9.78 Å². The number of amides is 1. The van der Waals surface area contributed by atoms with Gasteiger partial charge < -0.3 is 10.1 Å². The van der Waals surface area contributed by atoms with Crippen molar-refractivity contribution in [1.82, 2.24) is 19.7 Å². The molecule has 174 valence electrons. The van der Waals surface area contributed by atoms with Gasteiger partial charge in [0.1, 0.15) is 5.75 Å². The van der Waals surface area contributed by atoms with Crippen LogP contribution in [0.1, 0.15) is 29.4 Å². The number of ether oxygens (including phenoxy) is 1. The fourth-order valence-corrected chi connectivity index (χ4v) is 3.15. The monoisotopic (exact) mass is 467 g/mol. The molecule has 4 rings (SSSR count). The first-order chi connectivity index (χ1) is 16.3. The molecule has 0 aliphatic rings. The van der Waals surface area contributed by atoms with Crippen LogP contribution in [0.5, 0.6) is 5.75 Å². The second-order valence-corrected chi connectivity index (χ2v) is 7.30. The summed E-state index contributed by atoms with van der Waals surface area (Å²) in [7, 11) is 0. The van der Waals surface area contributed by atoms with Gasteiger partial charge in [0.2, 0.25) is 0 Å². The zero-order valence-electron chi connectivity index (χ0n) is 18.1. The zero-order valence-corrected chi connectivity index (χ0v) is 18.1. The summed E-state index contributed by atoms with van der Waals surface area (Å²) in [6, 6.07) is 13.7. The Labute approximate surface area is 193 Å². The van der Waals surface area contributed by atoms with Crippen LogP contribution in [0.15, 0.2) is 73.2 Å². The Balaban J connectivity index is 1.56. The Kier molecular flexibility index (Phi) is 6.58. The minimum absolute atomic E-state index is 0.0459. The van der Waals surface area contributed by atoms with Gasteiger partial charge in [-0.1, -0.05) is 13.0 Å². The predicted molar refractivity (Wildman–Crippen MR) is 120 cm³/mol. The van der Waals surface area contributed by atoms with Crippen molar-refractivity contribution in [3.63, 3.8) is 0 Å². The van der Waals surface area contributed by atoms with Crippen molar-refractivity contribution < 1.29 is 22.7 Å². The van der Waals surface area contributed by atoms with Gasteiger partial charge in [-0.2, -0.15) is 18.3 Å². The number of nitrogens with one attached hydrogen (secondary N) is 1. The van der Waals surface area contributed by atoms with E-state index in [2.05, 4.69) is 20.4 Å². The number of carbonyl (C=O) groups excluding carboxylic acids is 1. The fourth-order valence-electron chi connectivity index (χ4n) is 3.15. The molecule has 0 saturated carbocycles. The van der Waals surface area contributed by atoms with E-state index in [4.69, 9.17) is 4.74 Å². The van der Waals surface area contributed by atoms with Crippen LogP contribution in [0.3, 0.4) is 0 Å². The molecule has 0 aliphatic heterocycles. The van der Waals surface area contributed by atoms with E-state index in [1.807, 2.05) is 6.92 Å². The van der Waals surface area contributed by atoms with Gasteiger partial charge >= 0.3 is 6.18 Å². The number of rotatable bonds is 7. The number of hydrogen-bond donors (Lipinski definition) is 1. The zero-order chi connectivity index (χ0) is 24.1. The molecule has 0 unspecified atom stereocenters. The molecule has 1 aromatic carbocycles. The SMILES string of the molecule is CCCOc1cccc(C(=O)Nc2ccc(-n3nc(-c4cccnc4)cc3C(F)(F)F)nc2)c1. The number of pyridine rings is 2. The van der Waals surface area contributed by atoms with Crippen molar-refractivity contribution in [2.24, 2.45) is 0 Å². The van der Waals surface area contributed by atoms with Gasteiger partial charge in [0.15, 0.2) is 11.5 Å². The van der Waals surface area contributed by atoms with Crippen molar-refractivity contribution in [3.05, 3.63) is 84.4 Å². The first-order valence-corrected chi connectivity index (χ1v) is 10.4.